The maximum absolute atomic E-state index is 12.0. The van der Waals surface area contributed by atoms with Gasteiger partial charge in [0, 0.05) is 38.0 Å². The van der Waals surface area contributed by atoms with Crippen molar-refractivity contribution in [3.63, 3.8) is 0 Å². The summed E-state index contributed by atoms with van der Waals surface area (Å²) in [6, 6.07) is 17.8. The highest BCUT2D eigenvalue weighted by molar-refractivity contribution is 5.73. The highest BCUT2D eigenvalue weighted by Gasteiger charge is 2.49. The standard InChI is InChI=1S/C24H30N2O2/c1-17-6-5-7-21(14-17)19-8-10-20(11-9-19)24-22-15-25(18(2)28)12-3-4-13-26(22)23(24)16-27/h5-11,14,22-24,27H,3-4,12-13,15-16H2,1-2H3/t22-,23-,24-/m0/s1. The molecule has 0 saturated carbocycles. The van der Waals surface area contributed by atoms with Crippen molar-refractivity contribution < 1.29 is 9.90 Å². The maximum atomic E-state index is 12.0. The minimum absolute atomic E-state index is 0.154. The Balaban J connectivity index is 1.58. The van der Waals surface area contributed by atoms with Gasteiger partial charge in [0.1, 0.15) is 0 Å². The quantitative estimate of drug-likeness (QED) is 0.890. The molecular weight excluding hydrogens is 348 g/mol. The van der Waals surface area contributed by atoms with Gasteiger partial charge in [-0.3, -0.25) is 9.69 Å². The van der Waals surface area contributed by atoms with Gasteiger partial charge < -0.3 is 10.0 Å². The number of hydrogen-bond donors (Lipinski definition) is 1. The second-order valence-corrected chi connectivity index (χ2v) is 8.24. The van der Waals surface area contributed by atoms with Crippen LogP contribution in [0.5, 0.6) is 0 Å². The van der Waals surface area contributed by atoms with E-state index in [1.54, 1.807) is 6.92 Å². The summed E-state index contributed by atoms with van der Waals surface area (Å²) >= 11 is 0. The van der Waals surface area contributed by atoms with E-state index in [2.05, 4.69) is 60.4 Å². The van der Waals surface area contributed by atoms with Crippen LogP contribution in [0.1, 0.15) is 36.8 Å². The molecule has 1 amide bonds. The van der Waals surface area contributed by atoms with E-state index in [1.165, 1.54) is 22.3 Å². The maximum Gasteiger partial charge on any atom is 0.219 e. The average molecular weight is 379 g/mol. The third-order valence-corrected chi connectivity index (χ3v) is 6.46. The molecule has 3 atom stereocenters. The fourth-order valence-corrected chi connectivity index (χ4v) is 4.95. The van der Waals surface area contributed by atoms with E-state index in [4.69, 9.17) is 0 Å². The first-order valence-electron chi connectivity index (χ1n) is 10.4. The molecule has 2 saturated heterocycles. The van der Waals surface area contributed by atoms with Crippen molar-refractivity contribution in [1.29, 1.82) is 0 Å². The lowest BCUT2D eigenvalue weighted by Crippen LogP contribution is -2.67. The van der Waals surface area contributed by atoms with Crippen LogP contribution < -0.4 is 0 Å². The molecule has 0 radical (unpaired) electrons. The number of aliphatic hydroxyl groups is 1. The third-order valence-electron chi connectivity index (χ3n) is 6.46. The number of aryl methyl sites for hydroxylation is 1. The third kappa shape index (κ3) is 3.59. The van der Waals surface area contributed by atoms with Crippen molar-refractivity contribution in [3.8, 4) is 11.1 Å². The number of aliphatic hydroxyl groups excluding tert-OH is 1. The zero-order valence-electron chi connectivity index (χ0n) is 16.8. The van der Waals surface area contributed by atoms with Gasteiger partial charge >= 0.3 is 0 Å². The summed E-state index contributed by atoms with van der Waals surface area (Å²) in [7, 11) is 0. The summed E-state index contributed by atoms with van der Waals surface area (Å²) in [5.74, 6) is 0.430. The molecule has 4 nitrogen and oxygen atoms in total. The highest BCUT2D eigenvalue weighted by Crippen LogP contribution is 2.42. The summed E-state index contributed by atoms with van der Waals surface area (Å²) in [5.41, 5.74) is 4.97. The molecule has 4 rings (SSSR count). The molecule has 148 valence electrons. The first kappa shape index (κ1) is 19.2. The van der Waals surface area contributed by atoms with Crippen molar-refractivity contribution in [3.05, 3.63) is 59.7 Å². The topological polar surface area (TPSA) is 43.8 Å². The van der Waals surface area contributed by atoms with Crippen LogP contribution in [-0.2, 0) is 4.79 Å². The Morgan fingerprint density at radius 1 is 1.07 bits per heavy atom. The fourth-order valence-electron chi connectivity index (χ4n) is 4.95. The van der Waals surface area contributed by atoms with Crippen LogP contribution in [0.3, 0.4) is 0 Å². The highest BCUT2D eigenvalue weighted by atomic mass is 16.3. The summed E-state index contributed by atoms with van der Waals surface area (Å²) in [5, 5.41) is 10.0. The molecule has 4 heteroatoms. The Kier molecular flexibility index (Phi) is 5.51. The Labute approximate surface area is 167 Å². The minimum Gasteiger partial charge on any atom is -0.395 e. The Bertz CT molecular complexity index is 833. The van der Waals surface area contributed by atoms with Gasteiger partial charge in [-0.2, -0.15) is 0 Å². The number of fused-ring (bicyclic) bond motifs is 1. The zero-order valence-corrected chi connectivity index (χ0v) is 16.8. The summed E-state index contributed by atoms with van der Waals surface area (Å²) < 4.78 is 0. The summed E-state index contributed by atoms with van der Waals surface area (Å²) in [4.78, 5) is 16.4. The number of amides is 1. The lowest BCUT2D eigenvalue weighted by Gasteiger charge is -2.57. The van der Waals surface area contributed by atoms with Crippen molar-refractivity contribution in [2.24, 2.45) is 0 Å². The Morgan fingerprint density at radius 2 is 1.82 bits per heavy atom. The first-order valence-corrected chi connectivity index (χ1v) is 10.4. The molecular formula is C24H30N2O2. The summed E-state index contributed by atoms with van der Waals surface area (Å²) in [6.45, 7) is 6.57. The number of nitrogens with zero attached hydrogens (tertiary/aromatic N) is 2. The molecule has 2 aliphatic rings. The zero-order chi connectivity index (χ0) is 19.7. The van der Waals surface area contributed by atoms with Gasteiger partial charge in [0.25, 0.3) is 0 Å². The molecule has 0 spiro atoms. The molecule has 2 fully saturated rings. The Morgan fingerprint density at radius 3 is 2.50 bits per heavy atom. The smallest absolute Gasteiger partial charge is 0.219 e. The second-order valence-electron chi connectivity index (χ2n) is 8.24. The predicted molar refractivity (Wildman–Crippen MR) is 112 cm³/mol. The van der Waals surface area contributed by atoms with Crippen molar-refractivity contribution in [2.45, 2.75) is 44.7 Å². The normalized spacial score (nSPS) is 25.4. The first-order chi connectivity index (χ1) is 13.6. The molecule has 28 heavy (non-hydrogen) atoms. The number of rotatable bonds is 3. The summed E-state index contributed by atoms with van der Waals surface area (Å²) in [6.07, 6.45) is 2.12. The van der Waals surface area contributed by atoms with E-state index in [0.29, 0.717) is 6.04 Å². The largest absolute Gasteiger partial charge is 0.395 e. The van der Waals surface area contributed by atoms with Gasteiger partial charge in [-0.25, -0.2) is 0 Å². The second kappa shape index (κ2) is 8.06. The van der Waals surface area contributed by atoms with Crippen LogP contribution in [-0.4, -0.2) is 59.1 Å². The fraction of sp³-hybridized carbons (Fsp3) is 0.458. The van der Waals surface area contributed by atoms with E-state index >= 15 is 0 Å². The van der Waals surface area contributed by atoms with E-state index in [1.807, 2.05) is 4.90 Å². The molecule has 2 heterocycles. The van der Waals surface area contributed by atoms with E-state index in [0.717, 1.165) is 32.5 Å². The van der Waals surface area contributed by atoms with E-state index < -0.39 is 0 Å². The monoisotopic (exact) mass is 378 g/mol. The molecule has 0 unspecified atom stereocenters. The van der Waals surface area contributed by atoms with Gasteiger partial charge in [-0.05, 0) is 43.0 Å². The van der Waals surface area contributed by atoms with Crippen LogP contribution in [0.15, 0.2) is 48.5 Å². The number of hydrogen-bond acceptors (Lipinski definition) is 3. The minimum atomic E-state index is 0.154. The van der Waals surface area contributed by atoms with E-state index in [9.17, 15) is 9.90 Å². The SMILES string of the molecule is CC(=O)N1CCCCN2[C@@H](CO)[C@@H](c3ccc(-c4cccc(C)c4)cc3)[C@@H]2C1. The van der Waals surface area contributed by atoms with Crippen LogP contribution in [0.2, 0.25) is 0 Å². The van der Waals surface area contributed by atoms with Gasteiger partial charge in [0.15, 0.2) is 0 Å². The van der Waals surface area contributed by atoms with Crippen LogP contribution in [0, 0.1) is 6.92 Å². The van der Waals surface area contributed by atoms with E-state index in [-0.39, 0.29) is 24.5 Å². The molecule has 1 N–H and O–H groups in total. The molecule has 0 aromatic heterocycles. The van der Waals surface area contributed by atoms with Gasteiger partial charge in [-0.1, -0.05) is 54.1 Å². The number of benzene rings is 2. The van der Waals surface area contributed by atoms with Crippen molar-refractivity contribution in [1.82, 2.24) is 9.80 Å². The predicted octanol–water partition coefficient (Wildman–Crippen LogP) is 3.43. The van der Waals surface area contributed by atoms with Crippen molar-refractivity contribution in [2.75, 3.05) is 26.2 Å². The van der Waals surface area contributed by atoms with Crippen LogP contribution in [0.25, 0.3) is 11.1 Å². The molecule has 0 bridgehead atoms. The molecule has 2 aliphatic heterocycles. The lowest BCUT2D eigenvalue weighted by atomic mass is 9.74. The number of carbonyl (C=O) groups excluding carboxylic acids is 1. The lowest BCUT2D eigenvalue weighted by molar-refractivity contribution is -0.134. The van der Waals surface area contributed by atoms with Gasteiger partial charge in [0.05, 0.1) is 6.61 Å². The molecule has 0 aliphatic carbocycles. The average Bonchev–Trinajstić information content (AvgIpc) is 2.67. The van der Waals surface area contributed by atoms with Gasteiger partial charge in [-0.15, -0.1) is 0 Å². The number of carbonyl (C=O) groups is 1. The van der Waals surface area contributed by atoms with Crippen molar-refractivity contribution >= 4 is 5.91 Å². The van der Waals surface area contributed by atoms with Gasteiger partial charge in [0.2, 0.25) is 5.91 Å². The Hall–Kier alpha value is -2.17. The molecule has 2 aromatic carbocycles. The van der Waals surface area contributed by atoms with Crippen LogP contribution in [0.4, 0.5) is 0 Å². The van der Waals surface area contributed by atoms with Crippen LogP contribution >= 0.6 is 0 Å². The molecule has 2 aromatic rings.